The summed E-state index contributed by atoms with van der Waals surface area (Å²) in [6.07, 6.45) is 1.70. The van der Waals surface area contributed by atoms with Gasteiger partial charge in [-0.3, -0.25) is 9.10 Å². The van der Waals surface area contributed by atoms with Gasteiger partial charge in [0.1, 0.15) is 12.4 Å². The molecule has 5 nitrogen and oxygen atoms in total. The topological polar surface area (TPSA) is 66.5 Å². The minimum Gasteiger partial charge on any atom is -0.354 e. The zero-order valence-electron chi connectivity index (χ0n) is 15.7. The maximum Gasteiger partial charge on any atom is 0.240 e. The van der Waals surface area contributed by atoms with E-state index in [0.29, 0.717) is 6.54 Å². The van der Waals surface area contributed by atoms with Crippen LogP contribution in [0.1, 0.15) is 12.0 Å². The first-order valence-corrected chi connectivity index (χ1v) is 12.4. The molecule has 1 N–H and O–H groups in total. The van der Waals surface area contributed by atoms with Crippen LogP contribution in [0.3, 0.4) is 0 Å². The van der Waals surface area contributed by atoms with Gasteiger partial charge in [0.25, 0.3) is 0 Å². The highest BCUT2D eigenvalue weighted by molar-refractivity contribution is 7.98. The summed E-state index contributed by atoms with van der Waals surface area (Å²) in [5.41, 5.74) is 1.19. The van der Waals surface area contributed by atoms with E-state index >= 15 is 0 Å². The number of anilines is 1. The molecule has 0 aliphatic carbocycles. The third-order valence-corrected chi connectivity index (χ3v) is 6.77. The van der Waals surface area contributed by atoms with Gasteiger partial charge >= 0.3 is 0 Å². The third kappa shape index (κ3) is 7.70. The number of carbonyl (C=O) groups excluding carboxylic acids is 1. The van der Waals surface area contributed by atoms with E-state index in [4.69, 9.17) is 23.2 Å². The predicted octanol–water partition coefficient (Wildman–Crippen LogP) is 4.34. The summed E-state index contributed by atoms with van der Waals surface area (Å²) in [4.78, 5) is 12.2. The molecule has 2 aromatic rings. The maximum atomic E-state index is 13.3. The average molecular weight is 479 g/mol. The fourth-order valence-electron chi connectivity index (χ4n) is 2.43. The van der Waals surface area contributed by atoms with Crippen LogP contribution in [-0.2, 0) is 20.6 Å². The van der Waals surface area contributed by atoms with Gasteiger partial charge in [0.2, 0.25) is 15.9 Å². The Bertz CT molecular complexity index is 958. The summed E-state index contributed by atoms with van der Waals surface area (Å²) < 4.78 is 38.3. The summed E-state index contributed by atoms with van der Waals surface area (Å²) >= 11 is 13.5. The van der Waals surface area contributed by atoms with Crippen molar-refractivity contribution in [3.05, 3.63) is 63.9 Å². The fourth-order valence-corrected chi connectivity index (χ4v) is 4.70. The standard InChI is InChI=1S/C19H21Cl2FN2O3S2/c1-29(26,27)24(15-7-8-18(22)17(21)11-15)12-19(25)23-9-4-10-28-13-14-5-2-3-6-16(14)20/h2-3,5-8,11H,4,9-10,12-13H2,1H3,(H,23,25). The Balaban J connectivity index is 1.80. The Morgan fingerprint density at radius 3 is 2.55 bits per heavy atom. The number of amides is 1. The summed E-state index contributed by atoms with van der Waals surface area (Å²) in [6.45, 7) is 0.00366. The van der Waals surface area contributed by atoms with Crippen molar-refractivity contribution in [2.24, 2.45) is 0 Å². The number of carbonyl (C=O) groups is 1. The number of nitrogens with zero attached hydrogens (tertiary/aromatic N) is 1. The second-order valence-electron chi connectivity index (χ2n) is 6.22. The predicted molar refractivity (Wildman–Crippen MR) is 119 cm³/mol. The Morgan fingerprint density at radius 1 is 1.17 bits per heavy atom. The van der Waals surface area contributed by atoms with Crippen LogP contribution in [0, 0.1) is 5.82 Å². The highest BCUT2D eigenvalue weighted by atomic mass is 35.5. The zero-order chi connectivity index (χ0) is 21.4. The van der Waals surface area contributed by atoms with Crippen molar-refractivity contribution in [2.75, 3.05) is 29.4 Å². The van der Waals surface area contributed by atoms with Crippen molar-refractivity contribution < 1.29 is 17.6 Å². The van der Waals surface area contributed by atoms with Crippen LogP contribution in [0.2, 0.25) is 10.0 Å². The number of hydrogen-bond donors (Lipinski definition) is 1. The van der Waals surface area contributed by atoms with Crippen molar-refractivity contribution in [2.45, 2.75) is 12.2 Å². The molecule has 0 bridgehead atoms. The largest absolute Gasteiger partial charge is 0.354 e. The van der Waals surface area contributed by atoms with Gasteiger partial charge in [-0.15, -0.1) is 0 Å². The quantitative estimate of drug-likeness (QED) is 0.515. The van der Waals surface area contributed by atoms with Crippen LogP contribution in [0.25, 0.3) is 0 Å². The SMILES string of the molecule is CS(=O)(=O)N(CC(=O)NCCCSCc1ccccc1Cl)c1ccc(F)c(Cl)c1. The number of halogens is 3. The molecule has 0 saturated carbocycles. The molecule has 10 heteroatoms. The van der Waals surface area contributed by atoms with Crippen molar-refractivity contribution in [1.82, 2.24) is 5.32 Å². The molecule has 2 rings (SSSR count). The van der Waals surface area contributed by atoms with Gasteiger partial charge in [0.15, 0.2) is 0 Å². The number of rotatable bonds is 10. The monoisotopic (exact) mass is 478 g/mol. The van der Waals surface area contributed by atoms with Gasteiger partial charge in [-0.25, -0.2) is 12.8 Å². The molecule has 158 valence electrons. The van der Waals surface area contributed by atoms with Crippen molar-refractivity contribution in [3.63, 3.8) is 0 Å². The van der Waals surface area contributed by atoms with E-state index in [1.54, 1.807) is 11.8 Å². The molecule has 0 heterocycles. The van der Waals surface area contributed by atoms with E-state index in [2.05, 4.69) is 5.32 Å². The number of sulfonamides is 1. The molecule has 0 spiro atoms. The molecule has 0 aromatic heterocycles. The normalized spacial score (nSPS) is 11.3. The number of nitrogens with one attached hydrogen (secondary N) is 1. The number of hydrogen-bond acceptors (Lipinski definition) is 4. The van der Waals surface area contributed by atoms with Gasteiger partial charge < -0.3 is 5.32 Å². The van der Waals surface area contributed by atoms with E-state index in [9.17, 15) is 17.6 Å². The first kappa shape index (κ1) is 23.8. The molecule has 0 atom stereocenters. The van der Waals surface area contributed by atoms with Crippen molar-refractivity contribution in [3.8, 4) is 0 Å². The number of thioether (sulfide) groups is 1. The Kier molecular flexibility index (Phi) is 9.07. The Hall–Kier alpha value is -1.48. The first-order chi connectivity index (χ1) is 13.7. The average Bonchev–Trinajstić information content (AvgIpc) is 2.65. The molecule has 0 saturated heterocycles. The van der Waals surface area contributed by atoms with Gasteiger partial charge in [-0.2, -0.15) is 11.8 Å². The highest BCUT2D eigenvalue weighted by Gasteiger charge is 2.21. The summed E-state index contributed by atoms with van der Waals surface area (Å²) in [6, 6.07) is 11.1. The van der Waals surface area contributed by atoms with Crippen LogP contribution in [-0.4, -0.2) is 39.4 Å². The Labute approximate surface area is 184 Å². The van der Waals surface area contributed by atoms with E-state index in [-0.39, 0.29) is 10.7 Å². The fraction of sp³-hybridized carbons (Fsp3) is 0.316. The first-order valence-electron chi connectivity index (χ1n) is 8.69. The Morgan fingerprint density at radius 2 is 1.90 bits per heavy atom. The van der Waals surface area contributed by atoms with Crippen molar-refractivity contribution >= 4 is 56.6 Å². The number of benzene rings is 2. The molecule has 29 heavy (non-hydrogen) atoms. The minimum absolute atomic E-state index is 0.129. The maximum absolute atomic E-state index is 13.3. The molecular weight excluding hydrogens is 458 g/mol. The molecule has 0 fully saturated rings. The summed E-state index contributed by atoms with van der Waals surface area (Å²) in [5, 5.41) is 3.22. The molecular formula is C19H21Cl2FN2O3S2. The summed E-state index contributed by atoms with van der Waals surface area (Å²) in [5.74, 6) is 0.477. The van der Waals surface area contributed by atoms with Gasteiger partial charge in [-0.1, -0.05) is 41.4 Å². The van der Waals surface area contributed by atoms with Gasteiger partial charge in [0.05, 0.1) is 17.0 Å². The van der Waals surface area contributed by atoms with E-state index < -0.39 is 28.3 Å². The lowest BCUT2D eigenvalue weighted by atomic mass is 10.2. The third-order valence-electron chi connectivity index (χ3n) is 3.88. The molecule has 1 amide bonds. The lowest BCUT2D eigenvalue weighted by molar-refractivity contribution is -0.119. The molecule has 0 aliphatic rings. The summed E-state index contributed by atoms with van der Waals surface area (Å²) in [7, 11) is -3.74. The second kappa shape index (κ2) is 11.1. The van der Waals surface area contributed by atoms with E-state index in [1.807, 2.05) is 24.3 Å². The van der Waals surface area contributed by atoms with E-state index in [1.165, 1.54) is 12.1 Å². The molecule has 0 aliphatic heterocycles. The lowest BCUT2D eigenvalue weighted by Gasteiger charge is -2.22. The van der Waals surface area contributed by atoms with Crippen LogP contribution < -0.4 is 9.62 Å². The van der Waals surface area contributed by atoms with E-state index in [0.717, 1.165) is 45.1 Å². The molecule has 0 radical (unpaired) electrons. The van der Waals surface area contributed by atoms with Crippen LogP contribution in [0.5, 0.6) is 0 Å². The van der Waals surface area contributed by atoms with Crippen LogP contribution in [0.4, 0.5) is 10.1 Å². The van der Waals surface area contributed by atoms with Crippen LogP contribution >= 0.6 is 35.0 Å². The van der Waals surface area contributed by atoms with Gasteiger partial charge in [-0.05, 0) is 42.0 Å². The highest BCUT2D eigenvalue weighted by Crippen LogP contribution is 2.24. The molecule has 0 unspecified atom stereocenters. The van der Waals surface area contributed by atoms with Crippen LogP contribution in [0.15, 0.2) is 42.5 Å². The second-order valence-corrected chi connectivity index (χ2v) is 10.0. The van der Waals surface area contributed by atoms with Crippen molar-refractivity contribution in [1.29, 1.82) is 0 Å². The molecule has 2 aromatic carbocycles. The smallest absolute Gasteiger partial charge is 0.240 e. The minimum atomic E-state index is -3.74. The van der Waals surface area contributed by atoms with Gasteiger partial charge in [0, 0.05) is 17.3 Å². The lowest BCUT2D eigenvalue weighted by Crippen LogP contribution is -2.40. The zero-order valence-corrected chi connectivity index (χ0v) is 18.8.